The second kappa shape index (κ2) is 15.7. The van der Waals surface area contributed by atoms with E-state index in [2.05, 4.69) is 0 Å². The van der Waals surface area contributed by atoms with E-state index in [1.54, 1.807) is 0 Å². The largest absolute Gasteiger partial charge is 2.00 e. The van der Waals surface area contributed by atoms with Gasteiger partial charge < -0.3 is 51.1 Å². The molecule has 0 spiro atoms. The first-order valence-corrected chi connectivity index (χ1v) is 12.3. The van der Waals surface area contributed by atoms with Gasteiger partial charge in [0.05, 0.1) is 38.5 Å². The first kappa shape index (κ1) is 35.9. The maximum Gasteiger partial charge on any atom is 2.00 e. The van der Waals surface area contributed by atoms with Gasteiger partial charge in [-0.15, -0.1) is 0 Å². The van der Waals surface area contributed by atoms with Crippen molar-refractivity contribution in [3.05, 3.63) is 46.5 Å². The monoisotopic (exact) mass is 624 g/mol. The number of nitrogens with zero attached hydrogens (tertiary/aromatic N) is 2. The SMILES string of the molecule is CC(C(=O)O)N(Cc1cc(O)c(CO)cc1O)[C@H](CO)C(CO)N(Cc1cc(CO)c(O)cc1O)[C@H](C)C(=O)O.[Fe+2]. The molecular weight excluding hydrogens is 588 g/mol. The number of hydrogen-bond donors (Lipinski definition) is 10. The van der Waals surface area contributed by atoms with Crippen LogP contribution in [0, 0.1) is 0 Å². The van der Waals surface area contributed by atoms with Crippen molar-refractivity contribution in [3.8, 4) is 23.0 Å². The number of phenols is 4. The van der Waals surface area contributed by atoms with E-state index < -0.39 is 74.0 Å². The summed E-state index contributed by atoms with van der Waals surface area (Å²) in [7, 11) is 0. The van der Waals surface area contributed by atoms with Crippen LogP contribution in [0.5, 0.6) is 23.0 Å². The Kier molecular flexibility index (Phi) is 13.8. The molecular formula is C26H36FeN2O12+2. The molecule has 0 bridgehead atoms. The first-order valence-electron chi connectivity index (χ1n) is 12.3. The van der Waals surface area contributed by atoms with Crippen molar-refractivity contribution < 1.29 is 77.7 Å². The Balaban J connectivity index is 0.00000840. The molecule has 14 nitrogen and oxygen atoms in total. The molecule has 0 saturated carbocycles. The summed E-state index contributed by atoms with van der Waals surface area (Å²) in [6, 6.07) is -0.813. The Morgan fingerprint density at radius 1 is 0.610 bits per heavy atom. The molecule has 15 heteroatoms. The van der Waals surface area contributed by atoms with Crippen LogP contribution in [0.15, 0.2) is 24.3 Å². The third-order valence-electron chi connectivity index (χ3n) is 6.99. The normalized spacial score (nSPS) is 14.3. The van der Waals surface area contributed by atoms with Crippen LogP contribution >= 0.6 is 0 Å². The zero-order chi connectivity index (χ0) is 30.3. The van der Waals surface area contributed by atoms with Crippen molar-refractivity contribution in [1.29, 1.82) is 0 Å². The van der Waals surface area contributed by atoms with Crippen LogP contribution in [-0.4, -0.2) is 110 Å². The molecule has 2 aromatic carbocycles. The van der Waals surface area contributed by atoms with Gasteiger partial charge in [0.2, 0.25) is 0 Å². The molecule has 0 saturated heterocycles. The summed E-state index contributed by atoms with van der Waals surface area (Å²) in [6.45, 7) is -0.907. The zero-order valence-corrected chi connectivity index (χ0v) is 23.5. The molecule has 2 unspecified atom stereocenters. The maximum atomic E-state index is 12.1. The molecule has 0 radical (unpaired) electrons. The molecule has 0 heterocycles. The summed E-state index contributed by atoms with van der Waals surface area (Å²) >= 11 is 0. The topological polar surface area (TPSA) is 243 Å². The number of aromatic hydroxyl groups is 4. The molecule has 2 aromatic rings. The number of carboxylic acids is 2. The van der Waals surface area contributed by atoms with Crippen LogP contribution in [-0.2, 0) is 53.0 Å². The summed E-state index contributed by atoms with van der Waals surface area (Å²) in [5, 5.41) is 100. The summed E-state index contributed by atoms with van der Waals surface area (Å²) in [6.07, 6.45) is 0. The first-order chi connectivity index (χ1) is 18.8. The third kappa shape index (κ3) is 8.44. The predicted molar refractivity (Wildman–Crippen MR) is 138 cm³/mol. The van der Waals surface area contributed by atoms with Crippen molar-refractivity contribution in [2.24, 2.45) is 0 Å². The minimum Gasteiger partial charge on any atom is -0.508 e. The van der Waals surface area contributed by atoms with Gasteiger partial charge in [0.15, 0.2) is 0 Å². The Bertz CT molecular complexity index is 1200. The molecule has 0 aliphatic rings. The van der Waals surface area contributed by atoms with Gasteiger partial charge in [0, 0.05) is 41.4 Å². The average Bonchev–Trinajstić information content (AvgIpc) is 2.91. The van der Waals surface area contributed by atoms with E-state index in [9.17, 15) is 60.7 Å². The molecule has 10 N–H and O–H groups in total. The quantitative estimate of drug-likeness (QED) is 0.0885. The van der Waals surface area contributed by atoms with Crippen molar-refractivity contribution in [1.82, 2.24) is 9.80 Å². The van der Waals surface area contributed by atoms with Gasteiger partial charge >= 0.3 is 29.0 Å². The number of carboxylic acid groups (broad SMARTS) is 2. The van der Waals surface area contributed by atoms with Gasteiger partial charge in [-0.25, -0.2) is 0 Å². The predicted octanol–water partition coefficient (Wildman–Crippen LogP) is -0.537. The smallest absolute Gasteiger partial charge is 0.508 e. The number of hydrogen-bond acceptors (Lipinski definition) is 12. The Morgan fingerprint density at radius 3 is 1.32 bits per heavy atom. The van der Waals surface area contributed by atoms with Crippen LogP contribution in [0.3, 0.4) is 0 Å². The minimum absolute atomic E-state index is 0. The fourth-order valence-electron chi connectivity index (χ4n) is 4.50. The molecule has 2 rings (SSSR count). The molecule has 4 atom stereocenters. The van der Waals surface area contributed by atoms with Crippen LogP contribution in [0.4, 0.5) is 0 Å². The second-order valence-electron chi connectivity index (χ2n) is 9.41. The molecule has 0 amide bonds. The number of benzene rings is 2. The fourth-order valence-corrected chi connectivity index (χ4v) is 4.50. The van der Waals surface area contributed by atoms with E-state index in [1.165, 1.54) is 29.7 Å². The molecule has 41 heavy (non-hydrogen) atoms. The Hall–Kier alpha value is -3.14. The van der Waals surface area contributed by atoms with Gasteiger partial charge in [0.1, 0.15) is 35.1 Å². The van der Waals surface area contributed by atoms with Gasteiger partial charge in [-0.05, 0) is 32.0 Å². The molecule has 0 aliphatic carbocycles. The number of carbonyl (C=O) groups is 2. The standard InChI is InChI=1S/C26H36N2O12.Fe/c1-13(25(37)38)27(7-15-3-17(9-29)24(36)6-23(15)35)19(11-31)20(12-32)28(14(2)26(39)40)8-16-4-22(34)18(10-30)5-21(16)33;/h3-6,13-14,19-20,29-36H,7-12H2,1-2H3,(H,37,38)(H,39,40);/q;+2/t13-,14?,19?,20-;/m1./s1. The van der Waals surface area contributed by atoms with Crippen LogP contribution in [0.1, 0.15) is 36.1 Å². The van der Waals surface area contributed by atoms with E-state index in [-0.39, 0.29) is 63.9 Å². The van der Waals surface area contributed by atoms with Crippen LogP contribution < -0.4 is 0 Å². The summed E-state index contributed by atoms with van der Waals surface area (Å²) in [5.74, 6) is -4.27. The Labute approximate surface area is 246 Å². The van der Waals surface area contributed by atoms with Crippen molar-refractivity contribution in [2.45, 2.75) is 64.3 Å². The van der Waals surface area contributed by atoms with E-state index in [0.29, 0.717) is 0 Å². The van der Waals surface area contributed by atoms with Gasteiger partial charge in [-0.1, -0.05) is 0 Å². The number of rotatable bonds is 15. The molecule has 0 fully saturated rings. The number of aliphatic carboxylic acids is 2. The van der Waals surface area contributed by atoms with Gasteiger partial charge in [-0.2, -0.15) is 0 Å². The fraction of sp³-hybridized carbons (Fsp3) is 0.462. The number of aliphatic hydroxyl groups excluding tert-OH is 4. The zero-order valence-electron chi connectivity index (χ0n) is 22.4. The van der Waals surface area contributed by atoms with Crippen molar-refractivity contribution >= 4 is 11.9 Å². The van der Waals surface area contributed by atoms with Gasteiger partial charge in [-0.3, -0.25) is 19.4 Å². The maximum absolute atomic E-state index is 12.1. The number of phenolic OH excluding ortho intramolecular Hbond substituents is 2. The second-order valence-corrected chi connectivity index (χ2v) is 9.41. The average molecular weight is 624 g/mol. The van der Waals surface area contributed by atoms with E-state index in [4.69, 9.17) is 0 Å². The Morgan fingerprint density at radius 2 is 0.927 bits per heavy atom. The molecule has 0 aliphatic heterocycles. The minimum atomic E-state index is -1.35. The molecule has 228 valence electrons. The van der Waals surface area contributed by atoms with Crippen LogP contribution in [0.2, 0.25) is 0 Å². The van der Waals surface area contributed by atoms with E-state index in [0.717, 1.165) is 18.2 Å². The number of aliphatic hydroxyl groups is 4. The third-order valence-corrected chi connectivity index (χ3v) is 6.99. The van der Waals surface area contributed by atoms with Crippen molar-refractivity contribution in [3.63, 3.8) is 0 Å². The van der Waals surface area contributed by atoms with Crippen LogP contribution in [0.25, 0.3) is 0 Å². The van der Waals surface area contributed by atoms with Gasteiger partial charge in [0.25, 0.3) is 0 Å². The molecule has 0 aromatic heterocycles. The summed E-state index contributed by atoms with van der Waals surface area (Å²) < 4.78 is 0. The van der Waals surface area contributed by atoms with E-state index >= 15 is 0 Å². The summed E-state index contributed by atoms with van der Waals surface area (Å²) in [4.78, 5) is 26.5. The summed E-state index contributed by atoms with van der Waals surface area (Å²) in [5.41, 5.74) is 0.158. The van der Waals surface area contributed by atoms with E-state index in [1.807, 2.05) is 0 Å². The van der Waals surface area contributed by atoms with Crippen molar-refractivity contribution in [2.75, 3.05) is 13.2 Å².